The molecular weight excluding hydrogens is 420 g/mol. The molecule has 3 aromatic carbocycles. The normalized spacial score (nSPS) is 11.8. The van der Waals surface area contributed by atoms with Crippen molar-refractivity contribution in [3.63, 3.8) is 0 Å². The van der Waals surface area contributed by atoms with Crippen LogP contribution in [0.25, 0.3) is 0 Å². The molecule has 0 aliphatic carbocycles. The Morgan fingerprint density at radius 2 is 1.38 bits per heavy atom. The lowest BCUT2D eigenvalue weighted by Crippen LogP contribution is -2.49. The number of amides is 2. The van der Waals surface area contributed by atoms with E-state index in [9.17, 15) is 9.59 Å². The number of rotatable bonds is 11. The molecule has 0 fully saturated rings. The van der Waals surface area contributed by atoms with E-state index in [1.165, 1.54) is 0 Å². The van der Waals surface area contributed by atoms with Gasteiger partial charge in [0.15, 0.2) is 0 Å². The Kier molecular flexibility index (Phi) is 9.45. The van der Waals surface area contributed by atoms with Gasteiger partial charge in [-0.2, -0.15) is 0 Å². The Morgan fingerprint density at radius 1 is 0.824 bits per heavy atom. The summed E-state index contributed by atoms with van der Waals surface area (Å²) in [6.45, 7) is 7.08. The van der Waals surface area contributed by atoms with E-state index in [0.29, 0.717) is 25.9 Å². The zero-order valence-corrected chi connectivity index (χ0v) is 20.5. The van der Waals surface area contributed by atoms with E-state index in [1.54, 1.807) is 4.90 Å². The maximum Gasteiger partial charge on any atom is 0.242 e. The first kappa shape index (κ1) is 25.2. The fourth-order valence-corrected chi connectivity index (χ4v) is 4.35. The highest BCUT2D eigenvalue weighted by Gasteiger charge is 2.31. The summed E-state index contributed by atoms with van der Waals surface area (Å²) in [5, 5.41) is 3.00. The smallest absolute Gasteiger partial charge is 0.242 e. The van der Waals surface area contributed by atoms with E-state index in [4.69, 9.17) is 0 Å². The number of carbonyl (C=O) groups excluding carboxylic acids is 2. The van der Waals surface area contributed by atoms with Gasteiger partial charge in [0.05, 0.1) is 0 Å². The van der Waals surface area contributed by atoms with Crippen LogP contribution in [0.2, 0.25) is 0 Å². The predicted molar refractivity (Wildman–Crippen MR) is 138 cm³/mol. The number of carbonyl (C=O) groups is 2. The number of hydrogen-bond acceptors (Lipinski definition) is 2. The first-order valence-corrected chi connectivity index (χ1v) is 12.3. The molecule has 1 unspecified atom stereocenters. The Labute approximate surface area is 204 Å². The molecule has 3 aromatic rings. The summed E-state index contributed by atoms with van der Waals surface area (Å²) < 4.78 is 0. The summed E-state index contributed by atoms with van der Waals surface area (Å²) in [6, 6.07) is 27.9. The molecule has 1 atom stereocenters. The number of aryl methyl sites for hydroxylation is 1. The van der Waals surface area contributed by atoms with Gasteiger partial charge in [0.25, 0.3) is 0 Å². The SMILES string of the molecule is CCCNC(=O)C(CC)N(Cc1ccccc1C)C(=O)CC(c1ccccc1)c1ccccc1. The largest absolute Gasteiger partial charge is 0.354 e. The molecule has 0 bridgehead atoms. The van der Waals surface area contributed by atoms with Gasteiger partial charge in [0, 0.05) is 25.4 Å². The summed E-state index contributed by atoms with van der Waals surface area (Å²) in [4.78, 5) is 28.8. The summed E-state index contributed by atoms with van der Waals surface area (Å²) in [6.07, 6.45) is 1.73. The molecule has 4 nitrogen and oxygen atoms in total. The van der Waals surface area contributed by atoms with Crippen molar-refractivity contribution >= 4 is 11.8 Å². The Hall–Kier alpha value is -3.40. The van der Waals surface area contributed by atoms with Crippen molar-refractivity contribution in [1.29, 1.82) is 0 Å². The molecule has 4 heteroatoms. The molecule has 1 N–H and O–H groups in total. The second kappa shape index (κ2) is 12.7. The van der Waals surface area contributed by atoms with Gasteiger partial charge in [-0.05, 0) is 42.0 Å². The standard InChI is InChI=1S/C30H36N2O2/c1-4-20-31-30(34)28(5-2)32(22-26-19-13-12-14-23(26)3)29(33)21-27(24-15-8-6-9-16-24)25-17-10-7-11-18-25/h6-19,27-28H,4-5,20-22H2,1-3H3,(H,31,34). The lowest BCUT2D eigenvalue weighted by molar-refractivity contribution is -0.141. The van der Waals surface area contributed by atoms with Crippen molar-refractivity contribution in [2.45, 2.75) is 58.5 Å². The van der Waals surface area contributed by atoms with E-state index in [0.717, 1.165) is 28.7 Å². The number of nitrogens with one attached hydrogen (secondary N) is 1. The maximum atomic E-state index is 13.9. The monoisotopic (exact) mass is 456 g/mol. The van der Waals surface area contributed by atoms with Crippen molar-refractivity contribution in [2.24, 2.45) is 0 Å². The van der Waals surface area contributed by atoms with Crippen LogP contribution in [0.15, 0.2) is 84.9 Å². The Balaban J connectivity index is 1.95. The second-order valence-corrected chi connectivity index (χ2v) is 8.74. The molecule has 34 heavy (non-hydrogen) atoms. The molecule has 0 aliphatic rings. The van der Waals surface area contributed by atoms with Crippen LogP contribution < -0.4 is 5.32 Å². The summed E-state index contributed by atoms with van der Waals surface area (Å²) in [5.41, 5.74) is 4.38. The maximum absolute atomic E-state index is 13.9. The molecular formula is C30H36N2O2. The van der Waals surface area contributed by atoms with E-state index in [-0.39, 0.29) is 17.7 Å². The lowest BCUT2D eigenvalue weighted by Gasteiger charge is -2.32. The first-order valence-electron chi connectivity index (χ1n) is 12.3. The minimum atomic E-state index is -0.508. The third-order valence-corrected chi connectivity index (χ3v) is 6.32. The molecule has 0 radical (unpaired) electrons. The second-order valence-electron chi connectivity index (χ2n) is 8.74. The number of hydrogen-bond donors (Lipinski definition) is 1. The third kappa shape index (κ3) is 6.57. The van der Waals surface area contributed by atoms with E-state index in [2.05, 4.69) is 29.6 Å². The zero-order chi connectivity index (χ0) is 24.3. The number of benzene rings is 3. The molecule has 0 saturated heterocycles. The molecule has 0 spiro atoms. The Bertz CT molecular complexity index is 1010. The highest BCUT2D eigenvalue weighted by Crippen LogP contribution is 2.29. The Morgan fingerprint density at radius 3 is 1.91 bits per heavy atom. The van der Waals surface area contributed by atoms with Crippen LogP contribution in [0.5, 0.6) is 0 Å². The van der Waals surface area contributed by atoms with Gasteiger partial charge in [0.2, 0.25) is 11.8 Å². The predicted octanol–water partition coefficient (Wildman–Crippen LogP) is 5.85. The van der Waals surface area contributed by atoms with Crippen LogP contribution in [0.4, 0.5) is 0 Å². The van der Waals surface area contributed by atoms with Crippen LogP contribution >= 0.6 is 0 Å². The molecule has 0 heterocycles. The highest BCUT2D eigenvalue weighted by atomic mass is 16.2. The van der Waals surface area contributed by atoms with Gasteiger partial charge in [-0.3, -0.25) is 9.59 Å². The quantitative estimate of drug-likeness (QED) is 0.393. The minimum absolute atomic E-state index is 0.0144. The van der Waals surface area contributed by atoms with Gasteiger partial charge in [-0.15, -0.1) is 0 Å². The molecule has 3 rings (SSSR count). The van der Waals surface area contributed by atoms with Crippen LogP contribution in [0.1, 0.15) is 61.3 Å². The van der Waals surface area contributed by atoms with Crippen LogP contribution in [0.3, 0.4) is 0 Å². The molecule has 0 aromatic heterocycles. The van der Waals surface area contributed by atoms with Crippen LogP contribution in [-0.4, -0.2) is 29.3 Å². The summed E-state index contributed by atoms with van der Waals surface area (Å²) >= 11 is 0. The zero-order valence-electron chi connectivity index (χ0n) is 20.5. The first-order chi connectivity index (χ1) is 16.5. The fourth-order valence-electron chi connectivity index (χ4n) is 4.35. The molecule has 2 amide bonds. The van der Waals surface area contributed by atoms with Gasteiger partial charge < -0.3 is 10.2 Å². The van der Waals surface area contributed by atoms with Crippen molar-refractivity contribution in [1.82, 2.24) is 10.2 Å². The van der Waals surface area contributed by atoms with E-state index in [1.807, 2.05) is 81.4 Å². The van der Waals surface area contributed by atoms with Gasteiger partial charge >= 0.3 is 0 Å². The van der Waals surface area contributed by atoms with Crippen LogP contribution in [0, 0.1) is 6.92 Å². The van der Waals surface area contributed by atoms with Crippen molar-refractivity contribution in [3.8, 4) is 0 Å². The topological polar surface area (TPSA) is 49.4 Å². The molecule has 0 aliphatic heterocycles. The van der Waals surface area contributed by atoms with E-state index >= 15 is 0 Å². The van der Waals surface area contributed by atoms with E-state index < -0.39 is 6.04 Å². The van der Waals surface area contributed by atoms with Gasteiger partial charge in [-0.1, -0.05) is 98.8 Å². The molecule has 178 valence electrons. The van der Waals surface area contributed by atoms with Crippen molar-refractivity contribution in [2.75, 3.05) is 6.54 Å². The minimum Gasteiger partial charge on any atom is -0.354 e. The summed E-state index contributed by atoms with van der Waals surface area (Å²) in [5.74, 6) is -0.174. The highest BCUT2D eigenvalue weighted by molar-refractivity contribution is 5.88. The van der Waals surface area contributed by atoms with Crippen LogP contribution in [-0.2, 0) is 16.1 Å². The fraction of sp³-hybridized carbons (Fsp3) is 0.333. The average Bonchev–Trinajstić information content (AvgIpc) is 2.87. The lowest BCUT2D eigenvalue weighted by atomic mass is 9.88. The third-order valence-electron chi connectivity index (χ3n) is 6.32. The summed E-state index contributed by atoms with van der Waals surface area (Å²) in [7, 11) is 0. The van der Waals surface area contributed by atoms with Crippen molar-refractivity contribution < 1.29 is 9.59 Å². The van der Waals surface area contributed by atoms with Gasteiger partial charge in [-0.25, -0.2) is 0 Å². The van der Waals surface area contributed by atoms with Crippen molar-refractivity contribution in [3.05, 3.63) is 107 Å². The van der Waals surface area contributed by atoms with Gasteiger partial charge in [0.1, 0.15) is 6.04 Å². The molecule has 0 saturated carbocycles. The number of nitrogens with zero attached hydrogens (tertiary/aromatic N) is 1. The average molecular weight is 457 g/mol.